The largest absolute Gasteiger partial charge is 0.475 e. The summed E-state index contributed by atoms with van der Waals surface area (Å²) in [5, 5.41) is 11.5. The number of rotatable bonds is 6. The van der Waals surface area contributed by atoms with Gasteiger partial charge in [-0.3, -0.25) is 0 Å². The molecular weight excluding hydrogens is 317 g/mol. The Labute approximate surface area is 129 Å². The van der Waals surface area contributed by atoms with Crippen LogP contribution in [-0.4, -0.2) is 34.6 Å². The van der Waals surface area contributed by atoms with Crippen molar-refractivity contribution < 1.29 is 17.9 Å². The molecule has 0 aromatic carbocycles. The lowest BCUT2D eigenvalue weighted by Crippen LogP contribution is -2.16. The van der Waals surface area contributed by atoms with Gasteiger partial charge in [0.2, 0.25) is 5.88 Å². The third-order valence-corrected chi connectivity index (χ3v) is 3.21. The number of anilines is 1. The van der Waals surface area contributed by atoms with Gasteiger partial charge in [-0.1, -0.05) is 0 Å². The predicted octanol–water partition coefficient (Wildman–Crippen LogP) is 3.10. The van der Waals surface area contributed by atoms with Crippen LogP contribution in [0, 0.1) is 0 Å². The molecule has 5 nitrogen and oxygen atoms in total. The molecule has 2 aromatic heterocycles. The third-order valence-electron chi connectivity index (χ3n) is 2.57. The Bertz CT molecular complexity index is 607. The Morgan fingerprint density at radius 1 is 1.23 bits per heavy atom. The SMILES string of the molecule is CSc1ccc(NCCOc2ncccc2C(F)(F)F)nn1. The van der Waals surface area contributed by atoms with E-state index in [0.29, 0.717) is 5.82 Å². The van der Waals surface area contributed by atoms with Crippen molar-refractivity contribution in [1.82, 2.24) is 15.2 Å². The van der Waals surface area contributed by atoms with Crippen LogP contribution in [-0.2, 0) is 6.18 Å². The van der Waals surface area contributed by atoms with E-state index in [1.807, 2.05) is 6.26 Å². The van der Waals surface area contributed by atoms with E-state index in [1.54, 1.807) is 12.1 Å². The zero-order valence-electron chi connectivity index (χ0n) is 11.6. The van der Waals surface area contributed by atoms with Crippen LogP contribution in [0.25, 0.3) is 0 Å². The molecule has 0 aliphatic carbocycles. The first kappa shape index (κ1) is 16.3. The van der Waals surface area contributed by atoms with Crippen LogP contribution in [0.3, 0.4) is 0 Å². The molecule has 0 unspecified atom stereocenters. The number of hydrogen-bond acceptors (Lipinski definition) is 6. The average Bonchev–Trinajstić information content (AvgIpc) is 2.51. The molecule has 2 heterocycles. The normalized spacial score (nSPS) is 11.3. The highest BCUT2D eigenvalue weighted by atomic mass is 32.2. The fourth-order valence-corrected chi connectivity index (χ4v) is 1.90. The minimum atomic E-state index is -4.49. The van der Waals surface area contributed by atoms with E-state index in [4.69, 9.17) is 4.74 Å². The Morgan fingerprint density at radius 3 is 2.68 bits per heavy atom. The van der Waals surface area contributed by atoms with Crippen LogP contribution in [0.4, 0.5) is 19.0 Å². The molecule has 9 heteroatoms. The van der Waals surface area contributed by atoms with Crippen molar-refractivity contribution in [3.8, 4) is 5.88 Å². The fourth-order valence-electron chi connectivity index (χ4n) is 1.57. The maximum Gasteiger partial charge on any atom is 0.421 e. The van der Waals surface area contributed by atoms with E-state index in [0.717, 1.165) is 11.1 Å². The average molecular weight is 330 g/mol. The quantitative estimate of drug-likeness (QED) is 0.649. The molecule has 1 N–H and O–H groups in total. The first-order valence-electron chi connectivity index (χ1n) is 6.27. The van der Waals surface area contributed by atoms with Gasteiger partial charge < -0.3 is 10.1 Å². The monoisotopic (exact) mass is 330 g/mol. The Kier molecular flexibility index (Phi) is 5.42. The maximum atomic E-state index is 12.7. The van der Waals surface area contributed by atoms with Crippen LogP contribution in [0.1, 0.15) is 5.56 Å². The van der Waals surface area contributed by atoms with Crippen LogP contribution in [0.5, 0.6) is 5.88 Å². The summed E-state index contributed by atoms with van der Waals surface area (Å²) in [5.74, 6) is 0.0964. The molecule has 0 saturated carbocycles. The number of thioether (sulfide) groups is 1. The summed E-state index contributed by atoms with van der Waals surface area (Å²) in [7, 11) is 0. The highest BCUT2D eigenvalue weighted by Crippen LogP contribution is 2.34. The molecule has 0 atom stereocenters. The molecule has 0 amide bonds. The smallest absolute Gasteiger partial charge is 0.421 e. The lowest BCUT2D eigenvalue weighted by atomic mass is 10.2. The number of ether oxygens (including phenoxy) is 1. The highest BCUT2D eigenvalue weighted by molar-refractivity contribution is 7.98. The molecular formula is C13H13F3N4OS. The Morgan fingerprint density at radius 2 is 2.05 bits per heavy atom. The van der Waals surface area contributed by atoms with Gasteiger partial charge in [0.15, 0.2) is 0 Å². The van der Waals surface area contributed by atoms with Gasteiger partial charge >= 0.3 is 6.18 Å². The minimum Gasteiger partial charge on any atom is -0.475 e. The van der Waals surface area contributed by atoms with Gasteiger partial charge in [-0.2, -0.15) is 13.2 Å². The summed E-state index contributed by atoms with van der Waals surface area (Å²) in [6.45, 7) is 0.299. The molecule has 0 radical (unpaired) electrons. The molecule has 0 bridgehead atoms. The van der Waals surface area contributed by atoms with E-state index >= 15 is 0 Å². The van der Waals surface area contributed by atoms with Crippen molar-refractivity contribution in [1.29, 1.82) is 0 Å². The van der Waals surface area contributed by atoms with Gasteiger partial charge in [0.25, 0.3) is 0 Å². The highest BCUT2D eigenvalue weighted by Gasteiger charge is 2.34. The zero-order chi connectivity index (χ0) is 16.0. The number of hydrogen-bond donors (Lipinski definition) is 1. The minimum absolute atomic E-state index is 0.0199. The van der Waals surface area contributed by atoms with Crippen molar-refractivity contribution in [3.63, 3.8) is 0 Å². The Hall–Kier alpha value is -2.03. The topological polar surface area (TPSA) is 59.9 Å². The molecule has 0 aliphatic heterocycles. The Balaban J connectivity index is 1.86. The number of nitrogens with one attached hydrogen (secondary N) is 1. The van der Waals surface area contributed by atoms with Gasteiger partial charge in [0.05, 0.1) is 6.54 Å². The molecule has 0 aliphatic rings. The van der Waals surface area contributed by atoms with Crippen molar-refractivity contribution in [3.05, 3.63) is 36.0 Å². The van der Waals surface area contributed by atoms with Crippen LogP contribution >= 0.6 is 11.8 Å². The zero-order valence-corrected chi connectivity index (χ0v) is 12.4. The molecule has 2 rings (SSSR count). The summed E-state index contributed by atoms with van der Waals surface area (Å²) in [5.41, 5.74) is -0.890. The second-order valence-corrected chi connectivity index (χ2v) is 4.92. The molecule has 2 aromatic rings. The lowest BCUT2D eigenvalue weighted by molar-refractivity contribution is -0.139. The molecule has 0 fully saturated rings. The second-order valence-electron chi connectivity index (χ2n) is 4.09. The molecule has 22 heavy (non-hydrogen) atoms. The number of alkyl halides is 3. The maximum absolute atomic E-state index is 12.7. The van der Waals surface area contributed by atoms with Gasteiger partial charge in [-0.15, -0.1) is 22.0 Å². The molecule has 0 spiro atoms. The lowest BCUT2D eigenvalue weighted by Gasteiger charge is -2.12. The number of halogens is 3. The van der Waals surface area contributed by atoms with E-state index in [1.165, 1.54) is 24.0 Å². The van der Waals surface area contributed by atoms with Gasteiger partial charge in [-0.25, -0.2) is 4.98 Å². The summed E-state index contributed by atoms with van der Waals surface area (Å²) >= 11 is 1.47. The number of pyridine rings is 1. The van der Waals surface area contributed by atoms with E-state index in [2.05, 4.69) is 20.5 Å². The predicted molar refractivity (Wildman–Crippen MR) is 77.0 cm³/mol. The van der Waals surface area contributed by atoms with E-state index in [9.17, 15) is 13.2 Å². The van der Waals surface area contributed by atoms with E-state index < -0.39 is 17.6 Å². The summed E-state index contributed by atoms with van der Waals surface area (Å²) in [6.07, 6.45) is -1.35. The van der Waals surface area contributed by atoms with Crippen LogP contribution in [0.15, 0.2) is 35.5 Å². The third kappa shape index (κ3) is 4.48. The summed E-state index contributed by atoms with van der Waals surface area (Å²) < 4.78 is 43.3. The van der Waals surface area contributed by atoms with Crippen molar-refractivity contribution in [2.24, 2.45) is 0 Å². The number of aromatic nitrogens is 3. The van der Waals surface area contributed by atoms with Gasteiger partial charge in [-0.05, 0) is 30.5 Å². The molecule has 0 saturated heterocycles. The van der Waals surface area contributed by atoms with E-state index in [-0.39, 0.29) is 13.2 Å². The molecule has 118 valence electrons. The van der Waals surface area contributed by atoms with Gasteiger partial charge in [0.1, 0.15) is 23.0 Å². The van der Waals surface area contributed by atoms with Gasteiger partial charge in [0, 0.05) is 6.20 Å². The van der Waals surface area contributed by atoms with Crippen LogP contribution in [0.2, 0.25) is 0 Å². The van der Waals surface area contributed by atoms with Crippen molar-refractivity contribution >= 4 is 17.6 Å². The first-order valence-corrected chi connectivity index (χ1v) is 7.50. The first-order chi connectivity index (χ1) is 10.5. The fraction of sp³-hybridized carbons (Fsp3) is 0.308. The summed E-state index contributed by atoms with van der Waals surface area (Å²) in [4.78, 5) is 3.61. The summed E-state index contributed by atoms with van der Waals surface area (Å²) in [6, 6.07) is 5.68. The van der Waals surface area contributed by atoms with Crippen molar-refractivity contribution in [2.45, 2.75) is 11.2 Å². The number of nitrogens with zero attached hydrogens (tertiary/aromatic N) is 3. The second kappa shape index (κ2) is 7.30. The van der Waals surface area contributed by atoms with Crippen LogP contribution < -0.4 is 10.1 Å². The van der Waals surface area contributed by atoms with Crippen molar-refractivity contribution in [2.75, 3.05) is 24.7 Å². The standard InChI is InChI=1S/C13H13F3N4OS/c1-22-11-5-4-10(19-20-11)17-7-8-21-12-9(13(14,15)16)3-2-6-18-12/h2-6H,7-8H2,1H3,(H,17,19).